The summed E-state index contributed by atoms with van der Waals surface area (Å²) in [6, 6.07) is 40.5. The van der Waals surface area contributed by atoms with Crippen molar-refractivity contribution in [3.05, 3.63) is 156 Å². The van der Waals surface area contributed by atoms with Crippen molar-refractivity contribution in [1.82, 2.24) is 0 Å². The highest BCUT2D eigenvalue weighted by molar-refractivity contribution is 5.17. The lowest BCUT2D eigenvalue weighted by Gasteiger charge is -2.45. The third-order valence-electron chi connectivity index (χ3n) is 7.15. The molecule has 1 fully saturated rings. The summed E-state index contributed by atoms with van der Waals surface area (Å²) in [7, 11) is 0. The van der Waals surface area contributed by atoms with E-state index in [1.165, 1.54) is 0 Å². The van der Waals surface area contributed by atoms with E-state index in [2.05, 4.69) is 55.1 Å². The van der Waals surface area contributed by atoms with Crippen molar-refractivity contribution >= 4 is 0 Å². The smallest absolute Gasteiger partial charge is 0.116 e. The molecule has 4 aromatic carbocycles. The summed E-state index contributed by atoms with van der Waals surface area (Å²) >= 11 is 0. The molecule has 212 valence electrons. The molecule has 5 heteroatoms. The zero-order valence-electron chi connectivity index (χ0n) is 23.3. The Bertz CT molecular complexity index is 1280. The molecule has 0 bridgehead atoms. The highest BCUT2D eigenvalue weighted by Gasteiger charge is 2.47. The third-order valence-corrected chi connectivity index (χ3v) is 7.15. The molecule has 1 aliphatic rings. The van der Waals surface area contributed by atoms with E-state index in [1.54, 1.807) is 6.08 Å². The van der Waals surface area contributed by atoms with E-state index in [-0.39, 0.29) is 6.10 Å². The molecule has 1 heterocycles. The van der Waals surface area contributed by atoms with Crippen LogP contribution in [-0.4, -0.2) is 37.1 Å². The molecule has 2 unspecified atom stereocenters. The fourth-order valence-electron chi connectivity index (χ4n) is 5.01. The van der Waals surface area contributed by atoms with Gasteiger partial charge in [-0.2, -0.15) is 0 Å². The van der Waals surface area contributed by atoms with Gasteiger partial charge in [-0.1, -0.05) is 127 Å². The molecule has 0 spiro atoms. The summed E-state index contributed by atoms with van der Waals surface area (Å²) in [6.45, 7) is 6.16. The molecule has 0 aliphatic carbocycles. The Kier molecular flexibility index (Phi) is 10.9. The van der Waals surface area contributed by atoms with Crippen molar-refractivity contribution in [2.45, 2.75) is 56.9 Å². The number of rotatable bonds is 14. The first-order chi connectivity index (χ1) is 20.3. The molecule has 0 aromatic heterocycles. The van der Waals surface area contributed by atoms with Crippen LogP contribution in [0.15, 0.2) is 134 Å². The lowest BCUT2D eigenvalue weighted by atomic mass is 9.94. The van der Waals surface area contributed by atoms with E-state index in [0.717, 1.165) is 22.3 Å². The third kappa shape index (κ3) is 8.46. The molecular formula is C36H38O5. The molecular weight excluding hydrogens is 512 g/mol. The van der Waals surface area contributed by atoms with Crippen molar-refractivity contribution < 1.29 is 23.7 Å². The summed E-state index contributed by atoms with van der Waals surface area (Å²) in [5.41, 5.74) is 4.33. The zero-order chi connectivity index (χ0) is 28.1. The second kappa shape index (κ2) is 15.4. The molecule has 5 rings (SSSR count). The largest absolute Gasteiger partial charge is 0.374 e. The van der Waals surface area contributed by atoms with Crippen LogP contribution in [0.25, 0.3) is 0 Å². The van der Waals surface area contributed by atoms with Gasteiger partial charge in [-0.05, 0) is 22.3 Å². The van der Waals surface area contributed by atoms with Crippen molar-refractivity contribution in [2.24, 2.45) is 0 Å². The molecule has 1 aliphatic heterocycles. The Hall–Kier alpha value is -3.58. The van der Waals surface area contributed by atoms with Crippen LogP contribution >= 0.6 is 0 Å². The highest BCUT2D eigenvalue weighted by Crippen LogP contribution is 2.31. The summed E-state index contributed by atoms with van der Waals surface area (Å²) in [4.78, 5) is 0. The highest BCUT2D eigenvalue weighted by atomic mass is 16.6. The number of ether oxygens (including phenoxy) is 5. The van der Waals surface area contributed by atoms with Gasteiger partial charge in [0.15, 0.2) is 0 Å². The fraction of sp³-hybridized carbons (Fsp3) is 0.278. The predicted molar refractivity (Wildman–Crippen MR) is 160 cm³/mol. The van der Waals surface area contributed by atoms with Gasteiger partial charge in [0.1, 0.15) is 30.5 Å². The minimum absolute atomic E-state index is 0.343. The monoisotopic (exact) mass is 550 g/mol. The maximum Gasteiger partial charge on any atom is 0.116 e. The minimum atomic E-state index is -0.438. The number of benzene rings is 4. The minimum Gasteiger partial charge on any atom is -0.374 e. The SMILES string of the molecule is C=C[C@@H]1OC(COCc2ccccc2)[C@H](OCc2ccccc2)[C@H](OCc2ccccc2)C1OCc1ccccc1. The van der Waals surface area contributed by atoms with Crippen LogP contribution in [0.3, 0.4) is 0 Å². The molecule has 5 atom stereocenters. The Morgan fingerprint density at radius 2 is 0.902 bits per heavy atom. The first-order valence-corrected chi connectivity index (χ1v) is 14.2. The predicted octanol–water partition coefficient (Wildman–Crippen LogP) is 6.91. The summed E-state index contributed by atoms with van der Waals surface area (Å²) in [5, 5.41) is 0. The average Bonchev–Trinajstić information content (AvgIpc) is 3.04. The second-order valence-corrected chi connectivity index (χ2v) is 10.2. The van der Waals surface area contributed by atoms with Crippen molar-refractivity contribution in [2.75, 3.05) is 6.61 Å². The van der Waals surface area contributed by atoms with Gasteiger partial charge < -0.3 is 23.7 Å². The quantitative estimate of drug-likeness (QED) is 0.160. The van der Waals surface area contributed by atoms with Gasteiger partial charge in [-0.3, -0.25) is 0 Å². The van der Waals surface area contributed by atoms with Crippen LogP contribution in [0, 0.1) is 0 Å². The summed E-state index contributed by atoms with van der Waals surface area (Å²) in [5.74, 6) is 0. The van der Waals surface area contributed by atoms with E-state index in [1.807, 2.05) is 72.8 Å². The van der Waals surface area contributed by atoms with E-state index in [9.17, 15) is 0 Å². The van der Waals surface area contributed by atoms with Gasteiger partial charge in [0.2, 0.25) is 0 Å². The molecule has 5 nitrogen and oxygen atoms in total. The van der Waals surface area contributed by atoms with E-state index >= 15 is 0 Å². The van der Waals surface area contributed by atoms with Crippen molar-refractivity contribution in [1.29, 1.82) is 0 Å². The molecule has 0 amide bonds. The van der Waals surface area contributed by atoms with Crippen LogP contribution in [0.2, 0.25) is 0 Å². The Labute approximate surface area is 243 Å². The van der Waals surface area contributed by atoms with E-state index in [0.29, 0.717) is 33.0 Å². The lowest BCUT2D eigenvalue weighted by molar-refractivity contribution is -0.263. The maximum atomic E-state index is 6.66. The molecule has 1 saturated heterocycles. The van der Waals surface area contributed by atoms with Crippen LogP contribution in [0.1, 0.15) is 22.3 Å². The fourth-order valence-corrected chi connectivity index (χ4v) is 5.01. The molecule has 0 radical (unpaired) electrons. The average molecular weight is 551 g/mol. The lowest BCUT2D eigenvalue weighted by Crippen LogP contribution is -2.60. The Morgan fingerprint density at radius 3 is 1.34 bits per heavy atom. The summed E-state index contributed by atoms with van der Waals surface area (Å²) < 4.78 is 32.6. The zero-order valence-corrected chi connectivity index (χ0v) is 23.3. The van der Waals surface area contributed by atoms with E-state index in [4.69, 9.17) is 23.7 Å². The first-order valence-electron chi connectivity index (χ1n) is 14.2. The van der Waals surface area contributed by atoms with Crippen LogP contribution in [0.4, 0.5) is 0 Å². The van der Waals surface area contributed by atoms with Gasteiger partial charge in [0.05, 0.1) is 33.0 Å². The van der Waals surface area contributed by atoms with Gasteiger partial charge >= 0.3 is 0 Å². The number of hydrogen-bond acceptors (Lipinski definition) is 5. The van der Waals surface area contributed by atoms with Gasteiger partial charge in [0.25, 0.3) is 0 Å². The maximum absolute atomic E-state index is 6.66. The van der Waals surface area contributed by atoms with E-state index < -0.39 is 24.4 Å². The Balaban J connectivity index is 1.39. The van der Waals surface area contributed by atoms with Crippen LogP contribution in [0.5, 0.6) is 0 Å². The van der Waals surface area contributed by atoms with Gasteiger partial charge in [-0.25, -0.2) is 0 Å². The molecule has 4 aromatic rings. The molecule has 0 N–H and O–H groups in total. The van der Waals surface area contributed by atoms with Crippen LogP contribution in [-0.2, 0) is 50.1 Å². The van der Waals surface area contributed by atoms with Gasteiger partial charge in [-0.15, -0.1) is 6.58 Å². The molecule has 41 heavy (non-hydrogen) atoms. The van der Waals surface area contributed by atoms with Crippen LogP contribution < -0.4 is 0 Å². The topological polar surface area (TPSA) is 46.2 Å². The van der Waals surface area contributed by atoms with Crippen molar-refractivity contribution in [3.8, 4) is 0 Å². The van der Waals surface area contributed by atoms with Crippen molar-refractivity contribution in [3.63, 3.8) is 0 Å². The number of hydrogen-bond donors (Lipinski definition) is 0. The molecule has 0 saturated carbocycles. The standard InChI is InChI=1S/C36H38O5/c1-2-32-34(38-24-29-17-9-4-10-18-29)36(40-26-31-21-13-6-14-22-31)35(39-25-30-19-11-5-12-20-30)33(41-32)27-37-23-28-15-7-3-8-16-28/h2-22,32-36H,1,23-27H2/t32-,33?,34?,35-,36+/m0/s1. The first kappa shape index (κ1) is 28.9. The Morgan fingerprint density at radius 1 is 0.512 bits per heavy atom. The normalized spacial score (nSPS) is 22.3. The second-order valence-electron chi connectivity index (χ2n) is 10.2. The summed E-state index contributed by atoms with van der Waals surface area (Å²) in [6.07, 6.45) is -0.283. The van der Waals surface area contributed by atoms with Gasteiger partial charge in [0, 0.05) is 0 Å².